The van der Waals surface area contributed by atoms with Crippen LogP contribution in [0.3, 0.4) is 0 Å². The number of pyridine rings is 1. The van der Waals surface area contributed by atoms with Gasteiger partial charge in [-0.3, -0.25) is 14.6 Å². The molecule has 43 heavy (non-hydrogen) atoms. The number of methoxy groups -OCH3 is 2. The van der Waals surface area contributed by atoms with Crippen molar-refractivity contribution in [3.8, 4) is 22.9 Å². The molecule has 0 unspecified atom stereocenters. The van der Waals surface area contributed by atoms with E-state index in [4.69, 9.17) is 9.47 Å². The SMILES string of the molecule is COc1ccc(CCN(C(=O)Cn2nnc(-c3ccccc3)n2)[C@@H](C(=O)NC2CCCCC2)c2ccccn2)cc1OC. The van der Waals surface area contributed by atoms with Crippen LogP contribution in [0.25, 0.3) is 11.4 Å². The van der Waals surface area contributed by atoms with Crippen molar-refractivity contribution < 1.29 is 19.1 Å². The van der Waals surface area contributed by atoms with E-state index in [2.05, 4.69) is 25.7 Å². The van der Waals surface area contributed by atoms with E-state index in [0.717, 1.165) is 36.8 Å². The lowest BCUT2D eigenvalue weighted by Crippen LogP contribution is -2.48. The Hall–Kier alpha value is -4.80. The normalized spacial score (nSPS) is 14.1. The number of benzene rings is 2. The van der Waals surface area contributed by atoms with Crippen LogP contribution in [0.4, 0.5) is 0 Å². The summed E-state index contributed by atoms with van der Waals surface area (Å²) in [6.45, 7) is 0.0553. The second-order valence-corrected chi connectivity index (χ2v) is 10.5. The highest BCUT2D eigenvalue weighted by Crippen LogP contribution is 2.29. The predicted molar refractivity (Wildman–Crippen MR) is 160 cm³/mol. The maximum absolute atomic E-state index is 14.1. The minimum absolute atomic E-state index is 0.0701. The molecule has 11 heteroatoms. The average Bonchev–Trinajstić information content (AvgIpc) is 3.52. The van der Waals surface area contributed by atoms with Gasteiger partial charge >= 0.3 is 0 Å². The molecule has 1 N–H and O–H groups in total. The minimum atomic E-state index is -0.937. The maximum Gasteiger partial charge on any atom is 0.249 e. The Morgan fingerprint density at radius 3 is 2.47 bits per heavy atom. The fraction of sp³-hybridized carbons (Fsp3) is 0.375. The van der Waals surface area contributed by atoms with Gasteiger partial charge in [0.05, 0.1) is 19.9 Å². The van der Waals surface area contributed by atoms with Gasteiger partial charge in [-0.15, -0.1) is 10.2 Å². The summed E-state index contributed by atoms with van der Waals surface area (Å²) in [7, 11) is 3.17. The lowest BCUT2D eigenvalue weighted by Gasteiger charge is -2.32. The van der Waals surface area contributed by atoms with Crippen LogP contribution in [-0.2, 0) is 22.6 Å². The van der Waals surface area contributed by atoms with Crippen molar-refractivity contribution in [3.05, 3.63) is 84.2 Å². The van der Waals surface area contributed by atoms with Crippen LogP contribution in [0.15, 0.2) is 72.9 Å². The number of hydrogen-bond donors (Lipinski definition) is 1. The quantitative estimate of drug-likeness (QED) is 0.265. The van der Waals surface area contributed by atoms with E-state index >= 15 is 0 Å². The van der Waals surface area contributed by atoms with Gasteiger partial charge in [-0.05, 0) is 54.3 Å². The molecule has 2 aromatic carbocycles. The summed E-state index contributed by atoms with van der Waals surface area (Å²) in [4.78, 5) is 35.4. The van der Waals surface area contributed by atoms with Gasteiger partial charge in [0.2, 0.25) is 17.6 Å². The molecule has 1 aliphatic rings. The zero-order chi connectivity index (χ0) is 30.0. The Morgan fingerprint density at radius 1 is 0.977 bits per heavy atom. The van der Waals surface area contributed by atoms with Gasteiger partial charge in [-0.1, -0.05) is 61.7 Å². The highest BCUT2D eigenvalue weighted by molar-refractivity contribution is 5.88. The van der Waals surface area contributed by atoms with Crippen LogP contribution < -0.4 is 14.8 Å². The lowest BCUT2D eigenvalue weighted by atomic mass is 9.95. The van der Waals surface area contributed by atoms with Crippen molar-refractivity contribution in [1.29, 1.82) is 0 Å². The Kier molecular flexibility index (Phi) is 9.94. The van der Waals surface area contributed by atoms with Crippen molar-refractivity contribution in [1.82, 2.24) is 35.4 Å². The first-order chi connectivity index (χ1) is 21.1. The molecule has 1 saturated carbocycles. The minimum Gasteiger partial charge on any atom is -0.493 e. The molecule has 0 saturated heterocycles. The van der Waals surface area contributed by atoms with Crippen LogP contribution in [-0.4, -0.2) is 68.7 Å². The van der Waals surface area contributed by atoms with Crippen molar-refractivity contribution >= 4 is 11.8 Å². The number of ether oxygens (including phenoxy) is 2. The monoisotopic (exact) mass is 583 g/mol. The van der Waals surface area contributed by atoms with Crippen molar-refractivity contribution in [2.45, 2.75) is 57.2 Å². The molecular weight excluding hydrogens is 546 g/mol. The largest absolute Gasteiger partial charge is 0.493 e. The molecule has 0 radical (unpaired) electrons. The van der Waals surface area contributed by atoms with Gasteiger partial charge in [-0.2, -0.15) is 4.80 Å². The van der Waals surface area contributed by atoms with Gasteiger partial charge in [0.25, 0.3) is 0 Å². The second-order valence-electron chi connectivity index (χ2n) is 10.5. The van der Waals surface area contributed by atoms with Crippen LogP contribution in [0.5, 0.6) is 11.5 Å². The fourth-order valence-corrected chi connectivity index (χ4v) is 5.41. The maximum atomic E-state index is 14.1. The molecule has 0 bridgehead atoms. The molecule has 1 fully saturated rings. The number of hydrogen-bond acceptors (Lipinski definition) is 8. The van der Waals surface area contributed by atoms with Crippen LogP contribution in [0.2, 0.25) is 0 Å². The van der Waals surface area contributed by atoms with E-state index in [0.29, 0.717) is 29.4 Å². The number of carbonyl (C=O) groups is 2. The van der Waals surface area contributed by atoms with E-state index in [1.807, 2.05) is 54.6 Å². The zero-order valence-electron chi connectivity index (χ0n) is 24.6. The molecule has 11 nitrogen and oxygen atoms in total. The average molecular weight is 584 g/mol. The van der Waals surface area contributed by atoms with Crippen molar-refractivity contribution in [2.24, 2.45) is 0 Å². The van der Waals surface area contributed by atoms with Gasteiger partial charge < -0.3 is 19.7 Å². The molecule has 4 aromatic rings. The molecule has 0 aliphatic heterocycles. The molecule has 5 rings (SSSR count). The first-order valence-electron chi connectivity index (χ1n) is 14.6. The number of amides is 2. The van der Waals surface area contributed by atoms with Crippen LogP contribution in [0, 0.1) is 0 Å². The molecule has 2 aromatic heterocycles. The number of carbonyl (C=O) groups excluding carboxylic acids is 2. The van der Waals surface area contributed by atoms with Gasteiger partial charge in [-0.25, -0.2) is 0 Å². The van der Waals surface area contributed by atoms with Crippen molar-refractivity contribution in [2.75, 3.05) is 20.8 Å². The molecule has 1 aliphatic carbocycles. The summed E-state index contributed by atoms with van der Waals surface area (Å²) >= 11 is 0. The highest BCUT2D eigenvalue weighted by atomic mass is 16.5. The topological polar surface area (TPSA) is 124 Å². The molecule has 0 spiro atoms. The summed E-state index contributed by atoms with van der Waals surface area (Å²) in [5.74, 6) is 1.05. The molecular formula is C32H37N7O4. The van der Waals surface area contributed by atoms with Gasteiger partial charge in [0, 0.05) is 24.3 Å². The van der Waals surface area contributed by atoms with Crippen LogP contribution in [0.1, 0.15) is 49.4 Å². The number of aromatic nitrogens is 5. The zero-order valence-corrected chi connectivity index (χ0v) is 24.6. The van der Waals surface area contributed by atoms with Crippen LogP contribution >= 0.6 is 0 Å². The highest BCUT2D eigenvalue weighted by Gasteiger charge is 2.34. The summed E-state index contributed by atoms with van der Waals surface area (Å²) in [5.41, 5.74) is 2.21. The summed E-state index contributed by atoms with van der Waals surface area (Å²) in [6.07, 6.45) is 7.26. The first kappa shape index (κ1) is 29.7. The molecule has 2 heterocycles. The van der Waals surface area contributed by atoms with E-state index in [-0.39, 0.29) is 30.9 Å². The smallest absolute Gasteiger partial charge is 0.249 e. The second kappa shape index (κ2) is 14.4. The molecule has 2 amide bonds. The first-order valence-corrected chi connectivity index (χ1v) is 14.6. The molecule has 1 atom stereocenters. The number of nitrogens with zero attached hydrogens (tertiary/aromatic N) is 6. The van der Waals surface area contributed by atoms with E-state index in [1.54, 1.807) is 37.4 Å². The Morgan fingerprint density at radius 2 is 1.74 bits per heavy atom. The fourth-order valence-electron chi connectivity index (χ4n) is 5.41. The third-order valence-electron chi connectivity index (χ3n) is 7.65. The number of nitrogens with one attached hydrogen (secondary N) is 1. The number of tetrazole rings is 1. The van der Waals surface area contributed by atoms with Gasteiger partial charge in [0.1, 0.15) is 6.54 Å². The van der Waals surface area contributed by atoms with E-state index < -0.39 is 6.04 Å². The Labute approximate surface area is 251 Å². The molecule has 224 valence electrons. The summed E-state index contributed by atoms with van der Waals surface area (Å²) < 4.78 is 10.9. The Balaban J connectivity index is 1.44. The van der Waals surface area contributed by atoms with E-state index in [9.17, 15) is 9.59 Å². The Bertz CT molecular complexity index is 1490. The summed E-state index contributed by atoms with van der Waals surface area (Å²) in [6, 6.07) is 19.6. The van der Waals surface area contributed by atoms with E-state index in [1.165, 1.54) is 11.2 Å². The predicted octanol–water partition coefficient (Wildman–Crippen LogP) is 4.01. The van der Waals surface area contributed by atoms with Crippen molar-refractivity contribution in [3.63, 3.8) is 0 Å². The standard InChI is InChI=1S/C32H37N7O4/c1-42-27-17-16-23(21-28(27)43-2)18-20-38(29(40)22-39-36-31(35-37-39)24-11-5-3-6-12-24)30(26-15-9-10-19-33-26)32(41)34-25-13-7-4-8-14-25/h3,5-6,9-12,15-17,19,21,25,30H,4,7-8,13-14,18,20,22H2,1-2H3,(H,34,41)/t30-/m1/s1. The third-order valence-corrected chi connectivity index (χ3v) is 7.65. The number of rotatable bonds is 12. The van der Waals surface area contributed by atoms with Gasteiger partial charge in [0.15, 0.2) is 17.5 Å². The lowest BCUT2D eigenvalue weighted by molar-refractivity contribution is -0.142. The third kappa shape index (κ3) is 7.54. The summed E-state index contributed by atoms with van der Waals surface area (Å²) in [5, 5.41) is 15.9.